The molecule has 4 N–H and O–H groups in total. The van der Waals surface area contributed by atoms with Crippen LogP contribution in [0.2, 0.25) is 0 Å². The molecular weight excluding hydrogens is 614 g/mol. The molecule has 4 heterocycles. The molecule has 0 saturated carbocycles. The summed E-state index contributed by atoms with van der Waals surface area (Å²) in [5.41, 5.74) is 4.84. The summed E-state index contributed by atoms with van der Waals surface area (Å²) in [5.74, 6) is 13.9. The Hall–Kier alpha value is -4.25. The molecule has 47 heavy (non-hydrogen) atoms. The van der Waals surface area contributed by atoms with Crippen LogP contribution in [-0.2, 0) is 16.0 Å². The summed E-state index contributed by atoms with van der Waals surface area (Å²) >= 11 is 0. The number of aryl methyl sites for hydroxylation is 1. The van der Waals surface area contributed by atoms with E-state index in [1.165, 1.54) is 12.7 Å². The zero-order valence-corrected chi connectivity index (χ0v) is 28.6. The van der Waals surface area contributed by atoms with Crippen LogP contribution in [0.4, 0.5) is 4.79 Å². The van der Waals surface area contributed by atoms with E-state index in [4.69, 9.17) is 9.72 Å². The highest BCUT2D eigenvalue weighted by molar-refractivity contribution is 5.86. The lowest BCUT2D eigenvalue weighted by atomic mass is 9.98. The number of imidazole rings is 2. The first-order valence-electron chi connectivity index (χ1n) is 16.5. The maximum Gasteiger partial charge on any atom is 0.407 e. The molecule has 0 spiro atoms. The average Bonchev–Trinajstić information content (AvgIpc) is 3.89. The van der Waals surface area contributed by atoms with Gasteiger partial charge < -0.3 is 30.2 Å². The molecule has 2 aromatic heterocycles. The lowest BCUT2D eigenvalue weighted by molar-refractivity contribution is -0.135. The Bertz CT molecular complexity index is 1630. The molecule has 1 aromatic carbocycles. The van der Waals surface area contributed by atoms with E-state index in [2.05, 4.69) is 74.4 Å². The third kappa shape index (κ3) is 8.97. The van der Waals surface area contributed by atoms with Gasteiger partial charge in [-0.05, 0) is 92.0 Å². The Morgan fingerprint density at radius 1 is 1.06 bits per heavy atom. The molecule has 250 valence electrons. The number of aromatic nitrogens is 4. The molecule has 0 aliphatic carbocycles. The third-order valence-corrected chi connectivity index (χ3v) is 8.75. The van der Waals surface area contributed by atoms with Crippen molar-refractivity contribution < 1.29 is 14.3 Å². The molecule has 2 saturated heterocycles. The van der Waals surface area contributed by atoms with Gasteiger partial charge in [-0.1, -0.05) is 45.6 Å². The van der Waals surface area contributed by atoms with Gasteiger partial charge in [0.2, 0.25) is 5.91 Å². The topological polar surface area (TPSA) is 128 Å². The number of hydrogen-bond donors (Lipinski definition) is 4. The number of H-pyrrole nitrogens is 2. The molecule has 0 bridgehead atoms. The summed E-state index contributed by atoms with van der Waals surface area (Å²) < 4.78 is 4.76. The van der Waals surface area contributed by atoms with Crippen molar-refractivity contribution >= 4 is 24.4 Å². The predicted molar refractivity (Wildman–Crippen MR) is 185 cm³/mol. The highest BCUT2D eigenvalue weighted by Crippen LogP contribution is 2.33. The van der Waals surface area contributed by atoms with Gasteiger partial charge in [0.1, 0.15) is 23.4 Å². The Labute approximate surface area is 284 Å². The highest BCUT2D eigenvalue weighted by atomic mass is 35.5. The van der Waals surface area contributed by atoms with Gasteiger partial charge in [-0.2, -0.15) is 0 Å². The largest absolute Gasteiger partial charge is 0.453 e. The molecule has 0 unspecified atom stereocenters. The van der Waals surface area contributed by atoms with E-state index in [1.807, 2.05) is 24.9 Å². The zero-order valence-electron chi connectivity index (χ0n) is 27.7. The van der Waals surface area contributed by atoms with Crippen LogP contribution in [-0.4, -0.2) is 63.1 Å². The fourth-order valence-electron chi connectivity index (χ4n) is 6.19. The Kier molecular flexibility index (Phi) is 12.9. The van der Waals surface area contributed by atoms with Crippen molar-refractivity contribution in [3.63, 3.8) is 0 Å². The van der Waals surface area contributed by atoms with Gasteiger partial charge >= 0.3 is 6.09 Å². The first-order chi connectivity index (χ1) is 22.4. The number of alkyl carbamates (subject to hydrolysis) is 1. The summed E-state index contributed by atoms with van der Waals surface area (Å²) in [6.07, 6.45) is 11.2. The molecule has 2 amide bonds. The van der Waals surface area contributed by atoms with Crippen LogP contribution >= 0.6 is 12.4 Å². The summed E-state index contributed by atoms with van der Waals surface area (Å²) in [6.45, 7) is 7.67. The number of halogens is 1. The van der Waals surface area contributed by atoms with Gasteiger partial charge in [0.05, 0.1) is 37.3 Å². The van der Waals surface area contributed by atoms with Crippen LogP contribution in [0.25, 0.3) is 11.3 Å². The van der Waals surface area contributed by atoms with Crippen LogP contribution in [0.5, 0.6) is 0 Å². The number of rotatable bonds is 10. The number of nitrogens with zero attached hydrogens (tertiary/aromatic N) is 3. The fourth-order valence-corrected chi connectivity index (χ4v) is 6.19. The molecule has 0 radical (unpaired) electrons. The van der Waals surface area contributed by atoms with Gasteiger partial charge in [0.15, 0.2) is 0 Å². The SMILES string of the molecule is CCCCCc1cc(-c2cnc([C@@H]3CCCN3C(=O)[C@@H](NC(=O)OC)C(C)C)[nH]2)ccc1C#CC#Cc1cnc([C@@H]2CCCN2)[nH]1.Cl. The summed E-state index contributed by atoms with van der Waals surface area (Å²) in [6, 6.07) is 5.73. The number of ether oxygens (including phenoxy) is 1. The van der Waals surface area contributed by atoms with Crippen LogP contribution in [0, 0.1) is 29.6 Å². The Morgan fingerprint density at radius 2 is 1.87 bits per heavy atom. The van der Waals surface area contributed by atoms with Crippen molar-refractivity contribution in [1.82, 2.24) is 35.5 Å². The second-order valence-corrected chi connectivity index (χ2v) is 12.4. The lowest BCUT2D eigenvalue weighted by Gasteiger charge is -2.30. The van der Waals surface area contributed by atoms with E-state index < -0.39 is 12.1 Å². The number of carbonyl (C=O) groups is 2. The number of unbranched alkanes of at least 4 members (excludes halogenated alkanes) is 2. The van der Waals surface area contributed by atoms with Crippen molar-refractivity contribution in [2.45, 2.75) is 90.3 Å². The Balaban J connectivity index is 0.00000500. The quantitative estimate of drug-likeness (QED) is 0.160. The minimum absolute atomic E-state index is 0. The number of benzene rings is 1. The van der Waals surface area contributed by atoms with E-state index in [0.29, 0.717) is 6.54 Å². The van der Waals surface area contributed by atoms with Crippen molar-refractivity contribution in [3.8, 4) is 34.9 Å². The first kappa shape index (κ1) is 35.6. The number of hydrogen-bond acceptors (Lipinski definition) is 6. The van der Waals surface area contributed by atoms with E-state index in [0.717, 1.165) is 92.1 Å². The van der Waals surface area contributed by atoms with E-state index >= 15 is 0 Å². The number of likely N-dealkylation sites (tertiary alicyclic amines) is 1. The minimum atomic E-state index is -0.669. The molecule has 11 heteroatoms. The van der Waals surface area contributed by atoms with Crippen molar-refractivity contribution in [2.24, 2.45) is 5.92 Å². The number of nitrogens with one attached hydrogen (secondary N) is 4. The van der Waals surface area contributed by atoms with Crippen LogP contribution in [0.3, 0.4) is 0 Å². The second-order valence-electron chi connectivity index (χ2n) is 12.4. The zero-order chi connectivity index (χ0) is 32.5. The van der Waals surface area contributed by atoms with Gasteiger partial charge in [-0.25, -0.2) is 14.8 Å². The summed E-state index contributed by atoms with van der Waals surface area (Å²) in [4.78, 5) is 43.3. The molecule has 3 atom stereocenters. The van der Waals surface area contributed by atoms with Gasteiger partial charge in [-0.3, -0.25) is 4.79 Å². The maximum absolute atomic E-state index is 13.5. The van der Waals surface area contributed by atoms with Crippen molar-refractivity contribution in [1.29, 1.82) is 0 Å². The van der Waals surface area contributed by atoms with Gasteiger partial charge in [0, 0.05) is 12.1 Å². The third-order valence-electron chi connectivity index (χ3n) is 8.75. The van der Waals surface area contributed by atoms with Gasteiger partial charge in [0.25, 0.3) is 0 Å². The Morgan fingerprint density at radius 3 is 2.62 bits per heavy atom. The number of methoxy groups -OCH3 is 1. The fraction of sp³-hybridized carbons (Fsp3) is 0.500. The lowest BCUT2D eigenvalue weighted by Crippen LogP contribution is -2.51. The second kappa shape index (κ2) is 17.1. The molecule has 5 rings (SSSR count). The van der Waals surface area contributed by atoms with E-state index in [9.17, 15) is 9.59 Å². The predicted octanol–water partition coefficient (Wildman–Crippen LogP) is 5.83. The average molecular weight is 660 g/mol. The molecule has 2 aliphatic rings. The molecule has 10 nitrogen and oxygen atoms in total. The van der Waals surface area contributed by atoms with Crippen molar-refractivity contribution in [2.75, 3.05) is 20.2 Å². The molecule has 2 fully saturated rings. The highest BCUT2D eigenvalue weighted by Gasteiger charge is 2.37. The van der Waals surface area contributed by atoms with Crippen LogP contribution in [0.1, 0.15) is 106 Å². The summed E-state index contributed by atoms with van der Waals surface area (Å²) in [5, 5.41) is 6.15. The van der Waals surface area contributed by atoms with Crippen LogP contribution < -0.4 is 10.6 Å². The smallest absolute Gasteiger partial charge is 0.407 e. The van der Waals surface area contributed by atoms with E-state index in [-0.39, 0.29) is 36.3 Å². The molecular formula is C36H46ClN7O3. The first-order valence-corrected chi connectivity index (χ1v) is 16.5. The van der Waals surface area contributed by atoms with Crippen LogP contribution in [0.15, 0.2) is 30.6 Å². The van der Waals surface area contributed by atoms with Gasteiger partial charge in [-0.15, -0.1) is 12.4 Å². The standard InChI is InChI=1S/C36H45N7O3.ClH/c1-5-6-7-13-26-21-27(18-17-25(26)12-8-9-14-28-22-38-33(40-28)29-15-10-19-37-29)30-23-39-34(41-30)31-16-11-20-43(31)35(44)32(24(2)3)42-36(45)46-4;/h17-18,21-24,29,31-32,37H,5-7,10-11,13,15-16,19-20H2,1-4H3,(H,38,40)(H,39,41)(H,42,45);1H/t29-,31-,32-;/m0./s1. The monoisotopic (exact) mass is 659 g/mol. The molecule has 2 aliphatic heterocycles. The number of aromatic amines is 2. The molecule has 3 aromatic rings. The van der Waals surface area contributed by atoms with E-state index in [1.54, 1.807) is 6.20 Å². The maximum atomic E-state index is 13.5. The minimum Gasteiger partial charge on any atom is -0.453 e. The number of amides is 2. The van der Waals surface area contributed by atoms with Crippen molar-refractivity contribution in [3.05, 3.63) is 59.1 Å². The number of carbonyl (C=O) groups excluding carboxylic acids is 2. The summed E-state index contributed by atoms with van der Waals surface area (Å²) in [7, 11) is 1.30. The normalized spacial score (nSPS) is 17.7.